The number of ether oxygens (including phenoxy) is 1. The minimum Gasteiger partial charge on any atom is -0.497 e. The summed E-state index contributed by atoms with van der Waals surface area (Å²) in [6.07, 6.45) is 3.45. The summed E-state index contributed by atoms with van der Waals surface area (Å²) in [6, 6.07) is 15.4. The molecule has 4 aromatic rings. The molecule has 26 heavy (non-hydrogen) atoms. The number of aromatic nitrogens is 3. The molecule has 2 heterocycles. The largest absolute Gasteiger partial charge is 0.497 e. The molecule has 0 amide bonds. The first-order valence-corrected chi connectivity index (χ1v) is 8.12. The van der Waals surface area contributed by atoms with Gasteiger partial charge in [-0.2, -0.15) is 5.10 Å². The molecule has 2 aromatic heterocycles. The number of halogens is 1. The van der Waals surface area contributed by atoms with Crippen molar-refractivity contribution < 1.29 is 9.13 Å². The lowest BCUT2D eigenvalue weighted by Crippen LogP contribution is -2.21. The number of methoxy groups -OCH3 is 1. The van der Waals surface area contributed by atoms with Crippen molar-refractivity contribution in [1.82, 2.24) is 14.2 Å². The molecular formula is C20H16FN3O2. The summed E-state index contributed by atoms with van der Waals surface area (Å²) in [5.74, 6) is 0.468. The van der Waals surface area contributed by atoms with Gasteiger partial charge in [0.25, 0.3) is 5.56 Å². The van der Waals surface area contributed by atoms with E-state index >= 15 is 0 Å². The zero-order chi connectivity index (χ0) is 18.1. The van der Waals surface area contributed by atoms with Gasteiger partial charge in [0.05, 0.1) is 19.3 Å². The maximum Gasteiger partial charge on any atom is 0.276 e. The fourth-order valence-corrected chi connectivity index (χ4v) is 2.84. The van der Waals surface area contributed by atoms with E-state index in [0.29, 0.717) is 17.8 Å². The molecule has 0 fully saturated rings. The third kappa shape index (κ3) is 2.97. The highest BCUT2D eigenvalue weighted by Crippen LogP contribution is 2.19. The summed E-state index contributed by atoms with van der Waals surface area (Å²) in [6.45, 7) is 0.455. The number of hydrogen-bond donors (Lipinski definition) is 0. The second-order valence-electron chi connectivity index (χ2n) is 5.95. The maximum atomic E-state index is 13.1. The smallest absolute Gasteiger partial charge is 0.276 e. The van der Waals surface area contributed by atoms with Gasteiger partial charge >= 0.3 is 0 Å². The van der Waals surface area contributed by atoms with Crippen LogP contribution in [0.3, 0.4) is 0 Å². The summed E-state index contributed by atoms with van der Waals surface area (Å²) >= 11 is 0. The van der Waals surface area contributed by atoms with E-state index in [1.807, 2.05) is 24.3 Å². The van der Waals surface area contributed by atoms with E-state index in [4.69, 9.17) is 4.74 Å². The van der Waals surface area contributed by atoms with Crippen molar-refractivity contribution in [3.05, 3.63) is 88.7 Å². The number of hydrogen-bond acceptors (Lipinski definition) is 3. The van der Waals surface area contributed by atoms with E-state index in [-0.39, 0.29) is 11.4 Å². The fourth-order valence-electron chi connectivity index (χ4n) is 2.84. The average molecular weight is 349 g/mol. The number of rotatable bonds is 4. The van der Waals surface area contributed by atoms with E-state index in [1.165, 1.54) is 12.1 Å². The third-order valence-electron chi connectivity index (χ3n) is 4.26. The first-order chi connectivity index (χ1) is 12.6. The van der Waals surface area contributed by atoms with Crippen molar-refractivity contribution in [3.8, 4) is 17.0 Å². The zero-order valence-electron chi connectivity index (χ0n) is 14.1. The van der Waals surface area contributed by atoms with Gasteiger partial charge < -0.3 is 9.30 Å². The standard InChI is InChI=1S/C20H16FN3O2/c1-26-17-8-2-14(3-9-17)13-23-10-11-24-19(20(23)25)12-18(22-24)15-4-6-16(21)7-5-15/h2-12H,13H2,1H3. The average Bonchev–Trinajstić information content (AvgIpc) is 3.10. The van der Waals surface area contributed by atoms with Gasteiger partial charge in [-0.25, -0.2) is 8.91 Å². The van der Waals surface area contributed by atoms with Gasteiger partial charge in [0.15, 0.2) is 0 Å². The predicted molar refractivity (Wildman–Crippen MR) is 96.9 cm³/mol. The molecule has 4 rings (SSSR count). The predicted octanol–water partition coefficient (Wildman–Crippen LogP) is 3.36. The number of nitrogens with zero attached hydrogens (tertiary/aromatic N) is 3. The minimum atomic E-state index is -0.306. The van der Waals surface area contributed by atoms with Crippen molar-refractivity contribution in [2.75, 3.05) is 7.11 Å². The van der Waals surface area contributed by atoms with Crippen LogP contribution in [0.1, 0.15) is 5.56 Å². The first kappa shape index (κ1) is 16.1. The summed E-state index contributed by atoms with van der Waals surface area (Å²) in [7, 11) is 1.62. The van der Waals surface area contributed by atoms with Crippen LogP contribution in [-0.4, -0.2) is 21.3 Å². The second-order valence-corrected chi connectivity index (χ2v) is 5.95. The molecule has 0 spiro atoms. The molecule has 5 nitrogen and oxygen atoms in total. The molecule has 6 heteroatoms. The van der Waals surface area contributed by atoms with Crippen LogP contribution in [0.4, 0.5) is 4.39 Å². The van der Waals surface area contributed by atoms with E-state index in [0.717, 1.165) is 16.9 Å². The number of fused-ring (bicyclic) bond motifs is 1. The lowest BCUT2D eigenvalue weighted by molar-refractivity contribution is 0.414. The summed E-state index contributed by atoms with van der Waals surface area (Å²) < 4.78 is 21.4. The van der Waals surface area contributed by atoms with Gasteiger partial charge in [-0.1, -0.05) is 12.1 Å². The Hall–Kier alpha value is -3.41. The summed E-state index contributed by atoms with van der Waals surface area (Å²) in [5.41, 5.74) is 2.72. The van der Waals surface area contributed by atoms with Gasteiger partial charge in [0.2, 0.25) is 0 Å². The van der Waals surface area contributed by atoms with Crippen LogP contribution in [0, 0.1) is 5.82 Å². The normalized spacial score (nSPS) is 11.0. The molecule has 0 saturated heterocycles. The molecule has 0 radical (unpaired) electrons. The Morgan fingerprint density at radius 1 is 1.04 bits per heavy atom. The Bertz CT molecular complexity index is 1110. The Kier molecular flexibility index (Phi) is 4.01. The lowest BCUT2D eigenvalue weighted by Gasteiger charge is -2.07. The molecule has 0 aliphatic heterocycles. The highest BCUT2D eigenvalue weighted by atomic mass is 19.1. The summed E-state index contributed by atoms with van der Waals surface area (Å²) in [5, 5.41) is 4.41. The SMILES string of the molecule is COc1ccc(Cn2ccn3nc(-c4ccc(F)cc4)cc3c2=O)cc1. The van der Waals surface area contributed by atoms with Crippen LogP contribution in [0.25, 0.3) is 16.8 Å². The monoisotopic (exact) mass is 349 g/mol. The van der Waals surface area contributed by atoms with E-state index in [2.05, 4.69) is 5.10 Å². The molecule has 0 saturated carbocycles. The Morgan fingerprint density at radius 2 is 1.77 bits per heavy atom. The zero-order valence-corrected chi connectivity index (χ0v) is 14.1. The first-order valence-electron chi connectivity index (χ1n) is 8.12. The highest BCUT2D eigenvalue weighted by Gasteiger charge is 2.09. The molecule has 0 aliphatic carbocycles. The van der Waals surface area contributed by atoms with Gasteiger partial charge in [-0.15, -0.1) is 0 Å². The van der Waals surface area contributed by atoms with E-state index in [1.54, 1.807) is 46.8 Å². The Morgan fingerprint density at radius 3 is 2.46 bits per heavy atom. The molecule has 0 atom stereocenters. The van der Waals surface area contributed by atoms with Crippen LogP contribution in [0.5, 0.6) is 5.75 Å². The van der Waals surface area contributed by atoms with Crippen LogP contribution in [0.15, 0.2) is 71.8 Å². The van der Waals surface area contributed by atoms with Crippen molar-refractivity contribution in [3.63, 3.8) is 0 Å². The third-order valence-corrected chi connectivity index (χ3v) is 4.26. The van der Waals surface area contributed by atoms with Crippen molar-refractivity contribution >= 4 is 5.52 Å². The van der Waals surface area contributed by atoms with Crippen molar-refractivity contribution in [2.45, 2.75) is 6.54 Å². The van der Waals surface area contributed by atoms with Gasteiger partial charge in [0, 0.05) is 18.0 Å². The quantitative estimate of drug-likeness (QED) is 0.568. The lowest BCUT2D eigenvalue weighted by atomic mass is 10.1. The molecule has 0 aliphatic rings. The highest BCUT2D eigenvalue weighted by molar-refractivity contribution is 5.65. The van der Waals surface area contributed by atoms with Gasteiger partial charge in [0.1, 0.15) is 17.1 Å². The molecule has 0 N–H and O–H groups in total. The Balaban J connectivity index is 1.70. The minimum absolute atomic E-state index is 0.135. The summed E-state index contributed by atoms with van der Waals surface area (Å²) in [4.78, 5) is 12.8. The van der Waals surface area contributed by atoms with Crippen LogP contribution in [-0.2, 0) is 6.54 Å². The van der Waals surface area contributed by atoms with Crippen molar-refractivity contribution in [2.24, 2.45) is 0 Å². The van der Waals surface area contributed by atoms with Gasteiger partial charge in [-0.05, 0) is 48.0 Å². The van der Waals surface area contributed by atoms with Crippen LogP contribution >= 0.6 is 0 Å². The molecular weight excluding hydrogens is 333 g/mol. The Labute approximate surface area is 148 Å². The molecule has 0 unspecified atom stereocenters. The van der Waals surface area contributed by atoms with Crippen molar-refractivity contribution in [1.29, 1.82) is 0 Å². The number of benzene rings is 2. The topological polar surface area (TPSA) is 48.5 Å². The molecule has 0 bridgehead atoms. The molecule has 2 aromatic carbocycles. The van der Waals surface area contributed by atoms with E-state index < -0.39 is 0 Å². The van der Waals surface area contributed by atoms with Crippen LogP contribution < -0.4 is 10.3 Å². The van der Waals surface area contributed by atoms with Gasteiger partial charge in [-0.3, -0.25) is 4.79 Å². The molecule has 130 valence electrons. The fraction of sp³-hybridized carbons (Fsp3) is 0.100. The van der Waals surface area contributed by atoms with Crippen LogP contribution in [0.2, 0.25) is 0 Å². The van der Waals surface area contributed by atoms with E-state index in [9.17, 15) is 9.18 Å². The second kappa shape index (κ2) is 6.48. The maximum absolute atomic E-state index is 13.1.